The highest BCUT2D eigenvalue weighted by atomic mass is 15.4. The van der Waals surface area contributed by atoms with Crippen molar-refractivity contribution in [2.75, 3.05) is 0 Å². The molecule has 0 unspecified atom stereocenters. The molecule has 0 fully saturated rings. The Morgan fingerprint density at radius 2 is 2.13 bits per heavy atom. The van der Waals surface area contributed by atoms with Gasteiger partial charge in [-0.2, -0.15) is 0 Å². The Balaban J connectivity index is 0.000000921. The summed E-state index contributed by atoms with van der Waals surface area (Å²) in [6.07, 6.45) is 9.06. The largest absolute Gasteiger partial charge is 0.221 e. The van der Waals surface area contributed by atoms with Crippen molar-refractivity contribution < 1.29 is 0 Å². The molecule has 0 aliphatic rings. The summed E-state index contributed by atoms with van der Waals surface area (Å²) in [6, 6.07) is 0. The van der Waals surface area contributed by atoms with E-state index in [1.54, 1.807) is 4.68 Å². The number of aryl methyl sites for hydroxylation is 1. The molecule has 0 saturated carbocycles. The minimum absolute atomic E-state index is 0.937. The smallest absolute Gasteiger partial charge is 0.0800 e. The van der Waals surface area contributed by atoms with Crippen molar-refractivity contribution in [3.05, 3.63) is 30.1 Å². The van der Waals surface area contributed by atoms with Crippen LogP contribution >= 0.6 is 0 Å². The molecule has 0 aliphatic carbocycles. The fourth-order valence-corrected chi connectivity index (χ4v) is 1.09. The van der Waals surface area contributed by atoms with Crippen LogP contribution in [-0.2, 0) is 0 Å². The lowest BCUT2D eigenvalue weighted by molar-refractivity contribution is 0.818. The molecule has 3 nitrogen and oxygen atoms in total. The van der Waals surface area contributed by atoms with E-state index in [-0.39, 0.29) is 0 Å². The number of aromatic nitrogens is 3. The first-order valence-electron chi connectivity index (χ1n) is 5.50. The first-order valence-corrected chi connectivity index (χ1v) is 5.50. The molecule has 3 heteroatoms. The average Bonchev–Trinajstić information content (AvgIpc) is 2.68. The van der Waals surface area contributed by atoms with Gasteiger partial charge < -0.3 is 0 Å². The molecule has 1 aromatic heterocycles. The molecule has 0 atom stereocenters. The lowest BCUT2D eigenvalue weighted by Crippen LogP contribution is -1.95. The third-order valence-corrected chi connectivity index (χ3v) is 1.62. The van der Waals surface area contributed by atoms with E-state index in [1.165, 1.54) is 0 Å². The molecular weight excluding hydrogens is 186 g/mol. The van der Waals surface area contributed by atoms with Gasteiger partial charge in [-0.15, -0.1) is 5.10 Å². The van der Waals surface area contributed by atoms with Gasteiger partial charge in [0, 0.05) is 0 Å². The second-order valence-corrected chi connectivity index (χ2v) is 2.84. The number of hydrogen-bond acceptors (Lipinski definition) is 2. The van der Waals surface area contributed by atoms with E-state index in [9.17, 15) is 0 Å². The van der Waals surface area contributed by atoms with E-state index in [0.717, 1.165) is 17.8 Å². The van der Waals surface area contributed by atoms with Crippen LogP contribution in [0.3, 0.4) is 0 Å². The van der Waals surface area contributed by atoms with Crippen molar-refractivity contribution in [3.63, 3.8) is 0 Å². The van der Waals surface area contributed by atoms with E-state index >= 15 is 0 Å². The molecule has 1 heterocycles. The highest BCUT2D eigenvalue weighted by Gasteiger charge is 1.97. The minimum Gasteiger partial charge on any atom is -0.221 e. The summed E-state index contributed by atoms with van der Waals surface area (Å²) in [4.78, 5) is 0. The lowest BCUT2D eigenvalue weighted by Gasteiger charge is -1.99. The zero-order valence-corrected chi connectivity index (χ0v) is 10.4. The lowest BCUT2D eigenvalue weighted by atomic mass is 10.3. The van der Waals surface area contributed by atoms with Crippen LogP contribution in [0.25, 0.3) is 5.70 Å². The monoisotopic (exact) mass is 207 g/mol. The first kappa shape index (κ1) is 13.6. The van der Waals surface area contributed by atoms with Gasteiger partial charge in [-0.25, -0.2) is 4.68 Å². The van der Waals surface area contributed by atoms with Crippen LogP contribution in [0.5, 0.6) is 0 Å². The Labute approximate surface area is 92.5 Å². The van der Waals surface area contributed by atoms with Crippen molar-refractivity contribution in [3.8, 4) is 0 Å². The predicted octanol–water partition coefficient (Wildman–Crippen LogP) is 3.44. The summed E-state index contributed by atoms with van der Waals surface area (Å²) in [7, 11) is 0. The predicted molar refractivity (Wildman–Crippen MR) is 65.5 cm³/mol. The van der Waals surface area contributed by atoms with Crippen molar-refractivity contribution >= 4 is 5.70 Å². The van der Waals surface area contributed by atoms with Crippen LogP contribution in [0.15, 0.2) is 24.4 Å². The molecule has 0 saturated heterocycles. The molecule has 0 aromatic carbocycles. The van der Waals surface area contributed by atoms with E-state index < -0.39 is 0 Å². The summed E-state index contributed by atoms with van der Waals surface area (Å²) in [5, 5.41) is 7.94. The Hall–Kier alpha value is -1.38. The zero-order valence-electron chi connectivity index (χ0n) is 10.4. The zero-order chi connectivity index (χ0) is 11.7. The molecule has 1 rings (SSSR count). The van der Waals surface area contributed by atoms with E-state index in [4.69, 9.17) is 0 Å². The van der Waals surface area contributed by atoms with Crippen LogP contribution in [0, 0.1) is 6.92 Å². The van der Waals surface area contributed by atoms with Gasteiger partial charge >= 0.3 is 0 Å². The molecule has 0 bridgehead atoms. The van der Waals surface area contributed by atoms with E-state index in [1.807, 2.05) is 46.0 Å². The Morgan fingerprint density at radius 1 is 1.47 bits per heavy atom. The van der Waals surface area contributed by atoms with Gasteiger partial charge in [0.05, 0.1) is 17.6 Å². The van der Waals surface area contributed by atoms with Crippen molar-refractivity contribution in [2.45, 2.75) is 41.0 Å². The first-order chi connectivity index (χ1) is 7.27. The maximum atomic E-state index is 4.00. The van der Waals surface area contributed by atoms with Crippen molar-refractivity contribution in [2.24, 2.45) is 0 Å². The quantitative estimate of drug-likeness (QED) is 0.711. The highest BCUT2D eigenvalue weighted by Crippen LogP contribution is 2.06. The summed E-state index contributed by atoms with van der Waals surface area (Å²) in [6.45, 7) is 10.0. The molecule has 1 aromatic rings. The molecule has 0 amide bonds. The van der Waals surface area contributed by atoms with Gasteiger partial charge in [0.1, 0.15) is 0 Å². The molecule has 0 radical (unpaired) electrons. The average molecular weight is 207 g/mol. The third-order valence-electron chi connectivity index (χ3n) is 1.62. The van der Waals surface area contributed by atoms with Gasteiger partial charge in [0.15, 0.2) is 0 Å². The molecule has 0 N–H and O–H groups in total. The van der Waals surface area contributed by atoms with Crippen LogP contribution < -0.4 is 0 Å². The third kappa shape index (κ3) is 4.58. The topological polar surface area (TPSA) is 30.7 Å². The number of hydrogen-bond donors (Lipinski definition) is 0. The maximum Gasteiger partial charge on any atom is 0.0800 e. The number of rotatable bonds is 3. The molecule has 0 spiro atoms. The van der Waals surface area contributed by atoms with E-state index in [2.05, 4.69) is 23.3 Å². The Bertz CT molecular complexity index is 321. The second-order valence-electron chi connectivity index (χ2n) is 2.84. The second kappa shape index (κ2) is 7.97. The SMILES string of the molecule is C/C=C\C(=C/CC)n1cc(C)nn1.CC. The summed E-state index contributed by atoms with van der Waals surface area (Å²) in [5.74, 6) is 0. The Morgan fingerprint density at radius 3 is 2.53 bits per heavy atom. The summed E-state index contributed by atoms with van der Waals surface area (Å²) >= 11 is 0. The fraction of sp³-hybridized carbons (Fsp3) is 0.500. The Kier molecular flexibility index (Phi) is 7.24. The normalized spacial score (nSPS) is 11.4. The number of nitrogens with zero attached hydrogens (tertiary/aromatic N) is 3. The summed E-state index contributed by atoms with van der Waals surface area (Å²) in [5.41, 5.74) is 2.01. The van der Waals surface area contributed by atoms with Gasteiger partial charge in [0.2, 0.25) is 0 Å². The fourth-order valence-electron chi connectivity index (χ4n) is 1.09. The van der Waals surface area contributed by atoms with Crippen LogP contribution in [0.1, 0.15) is 39.8 Å². The molecule has 84 valence electrons. The van der Waals surface area contributed by atoms with Crippen molar-refractivity contribution in [1.82, 2.24) is 15.0 Å². The highest BCUT2D eigenvalue weighted by molar-refractivity contribution is 5.55. The van der Waals surface area contributed by atoms with Gasteiger partial charge in [-0.1, -0.05) is 38.1 Å². The van der Waals surface area contributed by atoms with Gasteiger partial charge in [-0.05, 0) is 26.3 Å². The molecule has 15 heavy (non-hydrogen) atoms. The van der Waals surface area contributed by atoms with Gasteiger partial charge in [0.25, 0.3) is 0 Å². The standard InChI is InChI=1S/C10H15N3.C2H6/c1-4-6-10(7-5-2)13-8-9(3)11-12-13;1-2/h4,6-8H,5H2,1-3H3;1-2H3/b6-4-,10-7+;. The van der Waals surface area contributed by atoms with Crippen LogP contribution in [0.4, 0.5) is 0 Å². The summed E-state index contributed by atoms with van der Waals surface area (Å²) < 4.78 is 1.79. The van der Waals surface area contributed by atoms with Crippen LogP contribution in [0.2, 0.25) is 0 Å². The maximum absolute atomic E-state index is 4.00. The van der Waals surface area contributed by atoms with E-state index in [0.29, 0.717) is 0 Å². The molecule has 0 aliphatic heterocycles. The van der Waals surface area contributed by atoms with Crippen LogP contribution in [-0.4, -0.2) is 15.0 Å². The van der Waals surface area contributed by atoms with Crippen molar-refractivity contribution in [1.29, 1.82) is 0 Å². The van der Waals surface area contributed by atoms with Gasteiger partial charge in [-0.3, -0.25) is 0 Å². The minimum atomic E-state index is 0.937. The molecular formula is C12H21N3. The number of allylic oxidation sites excluding steroid dienone is 4.